The van der Waals surface area contributed by atoms with Crippen molar-refractivity contribution in [1.29, 1.82) is 0 Å². The molecule has 3 rings (SSSR count). The second-order valence-corrected chi connectivity index (χ2v) is 9.27. The maximum absolute atomic E-state index is 12.7. The van der Waals surface area contributed by atoms with Crippen LogP contribution in [0.1, 0.15) is 37.5 Å². The lowest BCUT2D eigenvalue weighted by Crippen LogP contribution is -2.38. The summed E-state index contributed by atoms with van der Waals surface area (Å²) in [5.74, 6) is 1.18. The van der Waals surface area contributed by atoms with Crippen molar-refractivity contribution in [3.63, 3.8) is 0 Å². The van der Waals surface area contributed by atoms with Crippen LogP contribution in [0.25, 0.3) is 0 Å². The molecule has 2 aromatic rings. The predicted octanol–water partition coefficient (Wildman–Crippen LogP) is 3.13. The molecule has 1 aromatic carbocycles. The van der Waals surface area contributed by atoms with Crippen molar-refractivity contribution in [1.82, 2.24) is 9.62 Å². The van der Waals surface area contributed by atoms with Gasteiger partial charge in [0, 0.05) is 18.7 Å². The highest BCUT2D eigenvalue weighted by Crippen LogP contribution is 2.22. The quantitative estimate of drug-likeness (QED) is 0.686. The topological polar surface area (TPSA) is 91.6 Å². The van der Waals surface area contributed by atoms with Crippen LogP contribution in [0.4, 0.5) is 5.69 Å². The fourth-order valence-corrected chi connectivity index (χ4v) is 4.90. The summed E-state index contributed by atoms with van der Waals surface area (Å²) in [6.45, 7) is 6.60. The molecule has 0 atom stereocenters. The lowest BCUT2D eigenvalue weighted by molar-refractivity contribution is -0.115. The molecule has 0 aliphatic carbocycles. The number of nitrogens with one attached hydrogen (secondary N) is 2. The number of likely N-dealkylation sites (tertiary alicyclic amines) is 1. The highest BCUT2D eigenvalue weighted by Gasteiger charge is 2.23. The Morgan fingerprint density at radius 1 is 1.24 bits per heavy atom. The van der Waals surface area contributed by atoms with E-state index in [0.29, 0.717) is 30.1 Å². The van der Waals surface area contributed by atoms with Crippen molar-refractivity contribution in [3.8, 4) is 0 Å². The van der Waals surface area contributed by atoms with E-state index >= 15 is 0 Å². The summed E-state index contributed by atoms with van der Waals surface area (Å²) in [6, 6.07) is 8.73. The molecule has 0 saturated carbocycles. The van der Waals surface area contributed by atoms with Gasteiger partial charge in [0.25, 0.3) is 0 Å². The van der Waals surface area contributed by atoms with E-state index in [9.17, 15) is 13.2 Å². The molecular weight excluding hydrogens is 390 g/mol. The van der Waals surface area contributed by atoms with Crippen molar-refractivity contribution in [2.75, 3.05) is 25.0 Å². The van der Waals surface area contributed by atoms with Crippen LogP contribution in [-0.4, -0.2) is 38.9 Å². The molecule has 1 aromatic heterocycles. The number of piperidine rings is 1. The molecule has 1 amide bonds. The third-order valence-corrected chi connectivity index (χ3v) is 6.88. The molecule has 0 radical (unpaired) electrons. The molecule has 0 unspecified atom stereocenters. The molecule has 0 bridgehead atoms. The zero-order valence-electron chi connectivity index (χ0n) is 17.0. The van der Waals surface area contributed by atoms with E-state index in [4.69, 9.17) is 4.42 Å². The van der Waals surface area contributed by atoms with Crippen molar-refractivity contribution < 1.29 is 17.6 Å². The number of amides is 1. The summed E-state index contributed by atoms with van der Waals surface area (Å²) in [7, 11) is -3.59. The Kier molecular flexibility index (Phi) is 7.10. The molecule has 2 heterocycles. The standard InChI is InChI=1S/C21H29N3O4S/c1-3-21(25)23-18-6-7-20(16(2)13-18)29(26,27)22-14-17-8-10-24(11-9-17)15-19-5-4-12-28-19/h4-7,12-13,17,22H,3,8-11,14-15H2,1-2H3,(H,23,25). The minimum atomic E-state index is -3.59. The summed E-state index contributed by atoms with van der Waals surface area (Å²) in [5.41, 5.74) is 1.22. The van der Waals surface area contributed by atoms with E-state index in [1.807, 2.05) is 12.1 Å². The van der Waals surface area contributed by atoms with Gasteiger partial charge in [0.05, 0.1) is 17.7 Å². The minimum absolute atomic E-state index is 0.100. The van der Waals surface area contributed by atoms with Gasteiger partial charge in [-0.15, -0.1) is 0 Å². The van der Waals surface area contributed by atoms with Gasteiger partial charge < -0.3 is 9.73 Å². The lowest BCUT2D eigenvalue weighted by atomic mass is 9.97. The molecule has 1 aliphatic heterocycles. The highest BCUT2D eigenvalue weighted by atomic mass is 32.2. The molecule has 1 fully saturated rings. The first kappa shape index (κ1) is 21.5. The maximum atomic E-state index is 12.7. The number of sulfonamides is 1. The van der Waals surface area contributed by atoms with Crippen LogP contribution in [0.3, 0.4) is 0 Å². The van der Waals surface area contributed by atoms with Crippen LogP contribution in [0, 0.1) is 12.8 Å². The van der Waals surface area contributed by atoms with Gasteiger partial charge in [-0.3, -0.25) is 9.69 Å². The first-order chi connectivity index (χ1) is 13.9. The Balaban J connectivity index is 1.52. The zero-order valence-corrected chi connectivity index (χ0v) is 17.8. The summed E-state index contributed by atoms with van der Waals surface area (Å²) in [5, 5.41) is 2.75. The molecular formula is C21H29N3O4S. The number of carbonyl (C=O) groups is 1. The fourth-order valence-electron chi connectivity index (χ4n) is 3.55. The van der Waals surface area contributed by atoms with Crippen LogP contribution >= 0.6 is 0 Å². The lowest BCUT2D eigenvalue weighted by Gasteiger charge is -2.31. The van der Waals surface area contributed by atoms with Crippen molar-refractivity contribution in [2.24, 2.45) is 5.92 Å². The smallest absolute Gasteiger partial charge is 0.240 e. The summed E-state index contributed by atoms with van der Waals surface area (Å²) in [6.07, 6.45) is 3.96. The summed E-state index contributed by atoms with van der Waals surface area (Å²) in [4.78, 5) is 14.1. The molecule has 158 valence electrons. The minimum Gasteiger partial charge on any atom is -0.468 e. The van der Waals surface area contributed by atoms with Gasteiger partial charge in [-0.1, -0.05) is 6.92 Å². The Morgan fingerprint density at radius 3 is 2.62 bits per heavy atom. The number of hydrogen-bond donors (Lipinski definition) is 2. The average Bonchev–Trinajstić information content (AvgIpc) is 3.20. The Labute approximate surface area is 172 Å². The second kappa shape index (κ2) is 9.56. The van der Waals surface area contributed by atoms with E-state index in [-0.39, 0.29) is 10.8 Å². The van der Waals surface area contributed by atoms with Gasteiger partial charge in [0.2, 0.25) is 15.9 Å². The number of furan rings is 1. The van der Waals surface area contributed by atoms with Crippen molar-refractivity contribution in [2.45, 2.75) is 44.6 Å². The predicted molar refractivity (Wildman–Crippen MR) is 112 cm³/mol. The van der Waals surface area contributed by atoms with E-state index in [1.165, 1.54) is 0 Å². The normalized spacial score (nSPS) is 16.1. The maximum Gasteiger partial charge on any atom is 0.240 e. The highest BCUT2D eigenvalue weighted by molar-refractivity contribution is 7.89. The number of nitrogens with zero attached hydrogens (tertiary/aromatic N) is 1. The van der Waals surface area contributed by atoms with Gasteiger partial charge in [0.15, 0.2) is 0 Å². The van der Waals surface area contributed by atoms with Crippen LogP contribution in [-0.2, 0) is 21.4 Å². The summed E-state index contributed by atoms with van der Waals surface area (Å²) >= 11 is 0. The van der Waals surface area contributed by atoms with E-state index in [1.54, 1.807) is 38.3 Å². The first-order valence-corrected chi connectivity index (χ1v) is 11.5. The number of rotatable bonds is 8. The molecule has 29 heavy (non-hydrogen) atoms. The molecule has 2 N–H and O–H groups in total. The van der Waals surface area contributed by atoms with E-state index in [0.717, 1.165) is 38.2 Å². The van der Waals surface area contributed by atoms with Gasteiger partial charge in [-0.25, -0.2) is 13.1 Å². The number of aryl methyl sites for hydroxylation is 1. The first-order valence-electron chi connectivity index (χ1n) is 10.0. The zero-order chi connectivity index (χ0) is 20.9. The Morgan fingerprint density at radius 2 is 2.00 bits per heavy atom. The van der Waals surface area contributed by atoms with Crippen LogP contribution < -0.4 is 10.0 Å². The molecule has 7 nitrogen and oxygen atoms in total. The Bertz CT molecular complexity index is 917. The molecule has 0 spiro atoms. The van der Waals surface area contributed by atoms with Gasteiger partial charge in [-0.05, 0) is 74.7 Å². The molecule has 8 heteroatoms. The Hall–Kier alpha value is -2.16. The summed E-state index contributed by atoms with van der Waals surface area (Å²) < 4.78 is 33.6. The van der Waals surface area contributed by atoms with Gasteiger partial charge in [0.1, 0.15) is 5.76 Å². The van der Waals surface area contributed by atoms with Gasteiger partial charge >= 0.3 is 0 Å². The monoisotopic (exact) mass is 419 g/mol. The fraction of sp³-hybridized carbons (Fsp3) is 0.476. The van der Waals surface area contributed by atoms with Crippen LogP contribution in [0.5, 0.6) is 0 Å². The van der Waals surface area contributed by atoms with E-state index < -0.39 is 10.0 Å². The third-order valence-electron chi connectivity index (χ3n) is 5.30. The average molecular weight is 420 g/mol. The third kappa shape index (κ3) is 5.91. The second-order valence-electron chi connectivity index (χ2n) is 7.53. The number of benzene rings is 1. The number of hydrogen-bond acceptors (Lipinski definition) is 5. The van der Waals surface area contributed by atoms with Crippen molar-refractivity contribution in [3.05, 3.63) is 47.9 Å². The van der Waals surface area contributed by atoms with Crippen molar-refractivity contribution >= 4 is 21.6 Å². The number of anilines is 1. The SMILES string of the molecule is CCC(=O)Nc1ccc(S(=O)(=O)NCC2CCN(Cc3ccco3)CC2)c(C)c1. The largest absolute Gasteiger partial charge is 0.468 e. The number of carbonyl (C=O) groups excluding carboxylic acids is 1. The van der Waals surface area contributed by atoms with E-state index in [2.05, 4.69) is 14.9 Å². The van der Waals surface area contributed by atoms with Gasteiger partial charge in [-0.2, -0.15) is 0 Å². The van der Waals surface area contributed by atoms with Crippen LogP contribution in [0.2, 0.25) is 0 Å². The molecule has 1 aliphatic rings. The van der Waals surface area contributed by atoms with Crippen LogP contribution in [0.15, 0.2) is 45.9 Å². The molecule has 1 saturated heterocycles.